The summed E-state index contributed by atoms with van der Waals surface area (Å²) in [6.45, 7) is 0.758. The Bertz CT molecular complexity index is 733. The summed E-state index contributed by atoms with van der Waals surface area (Å²) in [5.41, 5.74) is 1.49. The second kappa shape index (κ2) is 6.41. The highest BCUT2D eigenvalue weighted by Crippen LogP contribution is 2.35. The molecule has 1 heterocycles. The van der Waals surface area contributed by atoms with Gasteiger partial charge in [-0.15, -0.1) is 0 Å². The number of carbonyl (C=O) groups excluding carboxylic acids is 1. The molecule has 6 nitrogen and oxygen atoms in total. The van der Waals surface area contributed by atoms with Crippen molar-refractivity contribution in [1.82, 2.24) is 20.1 Å². The minimum atomic E-state index is -0.135. The van der Waals surface area contributed by atoms with Gasteiger partial charge >= 0.3 is 0 Å². The first-order valence-corrected chi connectivity index (χ1v) is 7.62. The molecule has 1 fully saturated rings. The third-order valence-corrected chi connectivity index (χ3v) is 3.95. The van der Waals surface area contributed by atoms with Gasteiger partial charge in [-0.2, -0.15) is 5.10 Å². The molecular weight excluding hydrogens is 300 g/mol. The smallest absolute Gasteiger partial charge is 0.252 e. The van der Waals surface area contributed by atoms with E-state index in [1.807, 2.05) is 22.8 Å². The molecule has 2 N–H and O–H groups in total. The van der Waals surface area contributed by atoms with Crippen LogP contribution in [0, 0.1) is 4.77 Å². The maximum Gasteiger partial charge on any atom is 0.252 e. The van der Waals surface area contributed by atoms with Crippen LogP contribution in [0.15, 0.2) is 24.3 Å². The number of amides is 1. The van der Waals surface area contributed by atoms with E-state index in [0.29, 0.717) is 29.5 Å². The third kappa shape index (κ3) is 3.10. The molecule has 0 radical (unpaired) electrons. The topological polar surface area (TPSA) is 71.9 Å². The summed E-state index contributed by atoms with van der Waals surface area (Å²) >= 11 is 5.23. The summed E-state index contributed by atoms with van der Waals surface area (Å²) in [5, 5.41) is 9.91. The quantitative estimate of drug-likeness (QED) is 0.802. The average Bonchev–Trinajstić information content (AvgIpc) is 3.29. The SMILES string of the molecule is COCc1ccccc1C(=O)NCc1n[nH]c(=S)n1C1CC1. The fourth-order valence-electron chi connectivity index (χ4n) is 2.45. The van der Waals surface area contributed by atoms with Gasteiger partial charge in [-0.25, -0.2) is 0 Å². The zero-order valence-electron chi connectivity index (χ0n) is 12.3. The number of nitrogens with zero attached hydrogens (tertiary/aromatic N) is 2. The van der Waals surface area contributed by atoms with Crippen LogP contribution in [0.2, 0.25) is 0 Å². The van der Waals surface area contributed by atoms with Crippen molar-refractivity contribution < 1.29 is 9.53 Å². The number of methoxy groups -OCH3 is 1. The van der Waals surface area contributed by atoms with Crippen molar-refractivity contribution in [1.29, 1.82) is 0 Å². The van der Waals surface area contributed by atoms with Crippen LogP contribution in [0.3, 0.4) is 0 Å². The molecule has 7 heteroatoms. The lowest BCUT2D eigenvalue weighted by molar-refractivity contribution is 0.0944. The van der Waals surface area contributed by atoms with Crippen molar-refractivity contribution in [3.8, 4) is 0 Å². The number of nitrogens with one attached hydrogen (secondary N) is 2. The van der Waals surface area contributed by atoms with Crippen LogP contribution >= 0.6 is 12.2 Å². The van der Waals surface area contributed by atoms with Crippen molar-refractivity contribution in [2.24, 2.45) is 0 Å². The molecule has 1 amide bonds. The van der Waals surface area contributed by atoms with Crippen LogP contribution in [0.4, 0.5) is 0 Å². The highest BCUT2D eigenvalue weighted by molar-refractivity contribution is 7.71. The molecule has 1 aliphatic rings. The molecule has 1 aromatic carbocycles. The van der Waals surface area contributed by atoms with Gasteiger partial charge in [0.05, 0.1) is 13.2 Å². The Labute approximate surface area is 133 Å². The van der Waals surface area contributed by atoms with Crippen molar-refractivity contribution >= 4 is 18.1 Å². The molecule has 0 aliphatic heterocycles. The highest BCUT2D eigenvalue weighted by atomic mass is 32.1. The van der Waals surface area contributed by atoms with Gasteiger partial charge in [0.1, 0.15) is 0 Å². The molecule has 0 atom stereocenters. The lowest BCUT2D eigenvalue weighted by atomic mass is 10.1. The van der Waals surface area contributed by atoms with Crippen molar-refractivity contribution in [2.45, 2.75) is 32.0 Å². The van der Waals surface area contributed by atoms with Crippen molar-refractivity contribution in [3.05, 3.63) is 46.0 Å². The van der Waals surface area contributed by atoms with Crippen LogP contribution in [-0.2, 0) is 17.9 Å². The molecule has 1 saturated carbocycles. The zero-order valence-corrected chi connectivity index (χ0v) is 13.2. The normalized spacial score (nSPS) is 14.0. The van der Waals surface area contributed by atoms with Gasteiger partial charge in [0.2, 0.25) is 0 Å². The van der Waals surface area contributed by atoms with E-state index in [4.69, 9.17) is 17.0 Å². The predicted octanol–water partition coefficient (Wildman–Crippen LogP) is 2.35. The fourth-order valence-corrected chi connectivity index (χ4v) is 2.75. The largest absolute Gasteiger partial charge is 0.380 e. The molecule has 22 heavy (non-hydrogen) atoms. The van der Waals surface area contributed by atoms with E-state index in [1.54, 1.807) is 13.2 Å². The van der Waals surface area contributed by atoms with E-state index in [0.717, 1.165) is 24.2 Å². The maximum atomic E-state index is 12.4. The van der Waals surface area contributed by atoms with E-state index in [9.17, 15) is 4.79 Å². The van der Waals surface area contributed by atoms with E-state index >= 15 is 0 Å². The Morgan fingerprint density at radius 1 is 1.50 bits per heavy atom. The first kappa shape index (κ1) is 14.9. The van der Waals surface area contributed by atoms with Crippen LogP contribution in [-0.4, -0.2) is 27.8 Å². The number of aromatic amines is 1. The standard InChI is InChI=1S/C15H18N4O2S/c1-21-9-10-4-2-3-5-12(10)14(20)16-8-13-17-18-15(22)19(13)11-6-7-11/h2-5,11H,6-9H2,1H3,(H,16,20)(H,18,22). The Hall–Kier alpha value is -1.99. The number of aromatic nitrogens is 3. The van der Waals surface area contributed by atoms with Crippen LogP contribution in [0.5, 0.6) is 0 Å². The number of ether oxygens (including phenoxy) is 1. The van der Waals surface area contributed by atoms with Gasteiger partial charge in [0, 0.05) is 18.7 Å². The minimum Gasteiger partial charge on any atom is -0.380 e. The number of rotatable bonds is 6. The first-order valence-electron chi connectivity index (χ1n) is 7.21. The van der Waals surface area contributed by atoms with Crippen molar-refractivity contribution in [3.63, 3.8) is 0 Å². The van der Waals surface area contributed by atoms with E-state index in [-0.39, 0.29) is 5.91 Å². The van der Waals surface area contributed by atoms with Crippen LogP contribution in [0.25, 0.3) is 0 Å². The summed E-state index contributed by atoms with van der Waals surface area (Å²) in [6.07, 6.45) is 2.23. The minimum absolute atomic E-state index is 0.135. The maximum absolute atomic E-state index is 12.4. The summed E-state index contributed by atoms with van der Waals surface area (Å²) in [7, 11) is 1.61. The summed E-state index contributed by atoms with van der Waals surface area (Å²) < 4.78 is 7.74. The number of hydrogen-bond acceptors (Lipinski definition) is 4. The molecule has 0 spiro atoms. The number of benzene rings is 1. The fraction of sp³-hybridized carbons (Fsp3) is 0.400. The summed E-state index contributed by atoms with van der Waals surface area (Å²) in [4.78, 5) is 12.4. The number of hydrogen-bond donors (Lipinski definition) is 2. The molecule has 0 bridgehead atoms. The number of H-pyrrole nitrogens is 1. The zero-order chi connectivity index (χ0) is 15.5. The monoisotopic (exact) mass is 318 g/mol. The molecule has 0 saturated heterocycles. The first-order chi connectivity index (χ1) is 10.7. The third-order valence-electron chi connectivity index (χ3n) is 3.66. The Morgan fingerprint density at radius 3 is 3.00 bits per heavy atom. The van der Waals surface area contributed by atoms with E-state index in [1.165, 1.54) is 0 Å². The lowest BCUT2D eigenvalue weighted by Crippen LogP contribution is -2.25. The molecule has 2 aromatic rings. The Balaban J connectivity index is 1.72. The number of carbonyl (C=O) groups is 1. The molecule has 3 rings (SSSR count). The molecular formula is C15H18N4O2S. The van der Waals surface area contributed by atoms with E-state index in [2.05, 4.69) is 15.5 Å². The van der Waals surface area contributed by atoms with Gasteiger partial charge in [0.25, 0.3) is 5.91 Å². The van der Waals surface area contributed by atoms with Gasteiger partial charge < -0.3 is 10.1 Å². The van der Waals surface area contributed by atoms with Crippen molar-refractivity contribution in [2.75, 3.05) is 7.11 Å². The van der Waals surface area contributed by atoms with Gasteiger partial charge in [-0.1, -0.05) is 18.2 Å². The molecule has 0 unspecified atom stereocenters. The second-order valence-corrected chi connectivity index (χ2v) is 5.71. The summed E-state index contributed by atoms with van der Waals surface area (Å²) in [5.74, 6) is 0.633. The van der Waals surface area contributed by atoms with Gasteiger partial charge in [-0.3, -0.25) is 14.5 Å². The second-order valence-electron chi connectivity index (χ2n) is 5.32. The average molecular weight is 318 g/mol. The molecule has 1 aromatic heterocycles. The Morgan fingerprint density at radius 2 is 2.27 bits per heavy atom. The molecule has 1 aliphatic carbocycles. The lowest BCUT2D eigenvalue weighted by Gasteiger charge is -2.10. The highest BCUT2D eigenvalue weighted by Gasteiger charge is 2.27. The van der Waals surface area contributed by atoms with Crippen LogP contribution < -0.4 is 5.32 Å². The van der Waals surface area contributed by atoms with E-state index < -0.39 is 0 Å². The predicted molar refractivity (Wildman–Crippen MR) is 84.0 cm³/mol. The van der Waals surface area contributed by atoms with Crippen LogP contribution in [0.1, 0.15) is 40.6 Å². The van der Waals surface area contributed by atoms with Gasteiger partial charge in [-0.05, 0) is 36.7 Å². The van der Waals surface area contributed by atoms with Gasteiger partial charge in [0.15, 0.2) is 10.6 Å². The summed E-state index contributed by atoms with van der Waals surface area (Å²) in [6, 6.07) is 7.84. The Kier molecular flexibility index (Phi) is 4.35. The molecule has 116 valence electrons.